The normalized spacial score (nSPS) is 10.5. The van der Waals surface area contributed by atoms with Gasteiger partial charge in [0.05, 0.1) is 20.0 Å². The van der Waals surface area contributed by atoms with Crippen LogP contribution in [0, 0.1) is 0 Å². The van der Waals surface area contributed by atoms with Crippen LogP contribution in [0.1, 0.15) is 33.5 Å². The highest BCUT2D eigenvalue weighted by molar-refractivity contribution is 5.95. The lowest BCUT2D eigenvalue weighted by molar-refractivity contribution is 0.0741. The van der Waals surface area contributed by atoms with Gasteiger partial charge in [0.15, 0.2) is 11.5 Å². The van der Waals surface area contributed by atoms with Gasteiger partial charge in [-0.15, -0.1) is 0 Å². The number of benzene rings is 3. The maximum atomic E-state index is 13.5. The molecule has 7 nitrogen and oxygen atoms in total. The lowest BCUT2D eigenvalue weighted by atomic mass is 10.1. The number of hydrogen-bond acceptors (Lipinski definition) is 6. The predicted octanol–water partition coefficient (Wildman–Crippen LogP) is 4.93. The van der Waals surface area contributed by atoms with Crippen molar-refractivity contribution in [3.8, 4) is 17.2 Å². The van der Waals surface area contributed by atoms with Crippen molar-refractivity contribution in [1.29, 1.82) is 0 Å². The zero-order valence-electron chi connectivity index (χ0n) is 20.9. The molecule has 0 aliphatic heterocycles. The molecule has 3 rings (SSSR count). The van der Waals surface area contributed by atoms with Crippen molar-refractivity contribution >= 4 is 5.91 Å². The lowest BCUT2D eigenvalue weighted by Crippen LogP contribution is -2.32. The molecular weight excluding hydrogens is 456 g/mol. The van der Waals surface area contributed by atoms with Crippen molar-refractivity contribution in [3.05, 3.63) is 102 Å². The molecule has 190 valence electrons. The Morgan fingerprint density at radius 1 is 0.944 bits per heavy atom. The van der Waals surface area contributed by atoms with E-state index in [0.29, 0.717) is 56.3 Å². The molecule has 7 heteroatoms. The number of amides is 1. The summed E-state index contributed by atoms with van der Waals surface area (Å²) in [6.45, 7) is 5.87. The van der Waals surface area contributed by atoms with E-state index in [2.05, 4.69) is 6.58 Å². The van der Waals surface area contributed by atoms with Crippen LogP contribution in [0.25, 0.3) is 0 Å². The second kappa shape index (κ2) is 13.9. The summed E-state index contributed by atoms with van der Waals surface area (Å²) in [7, 11) is 3.26. The molecule has 0 aromatic heterocycles. The molecule has 3 aromatic rings. The average molecular weight is 491 g/mol. The van der Waals surface area contributed by atoms with Gasteiger partial charge >= 0.3 is 0 Å². The van der Waals surface area contributed by atoms with Crippen LogP contribution in [0.5, 0.6) is 17.2 Å². The Kier molecular flexibility index (Phi) is 10.4. The second-order valence-electron chi connectivity index (χ2n) is 8.17. The number of nitrogens with zero attached hydrogens (tertiary/aromatic N) is 1. The molecule has 0 aliphatic rings. The first-order valence-electron chi connectivity index (χ1n) is 11.8. The van der Waals surface area contributed by atoms with Crippen LogP contribution >= 0.6 is 0 Å². The minimum Gasteiger partial charge on any atom is -0.496 e. The van der Waals surface area contributed by atoms with Crippen LogP contribution in [0.2, 0.25) is 0 Å². The molecule has 0 saturated carbocycles. The van der Waals surface area contributed by atoms with E-state index in [1.54, 1.807) is 37.3 Å². The third kappa shape index (κ3) is 7.34. The van der Waals surface area contributed by atoms with Gasteiger partial charge in [-0.3, -0.25) is 4.79 Å². The third-order valence-electron chi connectivity index (χ3n) is 5.58. The maximum absolute atomic E-state index is 13.5. The highest BCUT2D eigenvalue weighted by atomic mass is 16.5. The first-order valence-corrected chi connectivity index (χ1v) is 11.8. The van der Waals surface area contributed by atoms with Gasteiger partial charge in [0, 0.05) is 31.3 Å². The van der Waals surface area contributed by atoms with Gasteiger partial charge in [0.1, 0.15) is 12.4 Å². The monoisotopic (exact) mass is 490 g/mol. The van der Waals surface area contributed by atoms with E-state index >= 15 is 0 Å². The smallest absolute Gasteiger partial charge is 0.254 e. The molecule has 0 fully saturated rings. The molecule has 3 aromatic carbocycles. The maximum Gasteiger partial charge on any atom is 0.254 e. The van der Waals surface area contributed by atoms with Crippen LogP contribution in [-0.4, -0.2) is 38.1 Å². The average Bonchev–Trinajstić information content (AvgIpc) is 2.91. The molecule has 0 spiro atoms. The van der Waals surface area contributed by atoms with Crippen molar-refractivity contribution in [2.75, 3.05) is 27.3 Å². The van der Waals surface area contributed by atoms with Crippen LogP contribution in [-0.2, 0) is 24.5 Å². The highest BCUT2D eigenvalue weighted by Crippen LogP contribution is 2.30. The molecule has 0 radical (unpaired) electrons. The fourth-order valence-electron chi connectivity index (χ4n) is 3.81. The second-order valence-corrected chi connectivity index (χ2v) is 8.17. The van der Waals surface area contributed by atoms with E-state index in [1.165, 1.54) is 6.26 Å². The fraction of sp³-hybridized carbons (Fsp3) is 0.276. The zero-order valence-corrected chi connectivity index (χ0v) is 20.9. The molecule has 0 aliphatic carbocycles. The van der Waals surface area contributed by atoms with Gasteiger partial charge in [-0.25, -0.2) is 0 Å². The molecule has 0 unspecified atom stereocenters. The quantitative estimate of drug-likeness (QED) is 0.323. The number of carbonyl (C=O) groups excluding carboxylic acids is 1. The third-order valence-corrected chi connectivity index (χ3v) is 5.58. The van der Waals surface area contributed by atoms with E-state index in [9.17, 15) is 4.79 Å². The summed E-state index contributed by atoms with van der Waals surface area (Å²) in [6.07, 6.45) is 2.00. The fourth-order valence-corrected chi connectivity index (χ4v) is 3.81. The van der Waals surface area contributed by atoms with Crippen molar-refractivity contribution in [1.82, 2.24) is 4.90 Å². The molecule has 0 saturated heterocycles. The Morgan fingerprint density at radius 3 is 2.42 bits per heavy atom. The summed E-state index contributed by atoms with van der Waals surface area (Å²) in [5, 5.41) is 0. The van der Waals surface area contributed by atoms with E-state index in [4.69, 9.17) is 24.7 Å². The summed E-state index contributed by atoms with van der Waals surface area (Å²) in [5.74, 6) is 1.58. The van der Waals surface area contributed by atoms with Crippen LogP contribution in [0.4, 0.5) is 0 Å². The lowest BCUT2D eigenvalue weighted by Gasteiger charge is -2.24. The topological polar surface area (TPSA) is 83.3 Å². The van der Waals surface area contributed by atoms with Gasteiger partial charge in [0.25, 0.3) is 5.91 Å². The predicted molar refractivity (Wildman–Crippen MR) is 140 cm³/mol. The molecule has 0 atom stereocenters. The summed E-state index contributed by atoms with van der Waals surface area (Å²) >= 11 is 0. The number of carbonyl (C=O) groups is 1. The van der Waals surface area contributed by atoms with E-state index in [1.807, 2.05) is 48.5 Å². The summed E-state index contributed by atoms with van der Waals surface area (Å²) in [5.41, 5.74) is 9.17. The van der Waals surface area contributed by atoms with E-state index in [-0.39, 0.29) is 5.91 Å². The Balaban J connectivity index is 1.82. The number of ether oxygens (including phenoxy) is 4. The minimum atomic E-state index is -0.129. The minimum absolute atomic E-state index is 0.129. The first kappa shape index (κ1) is 26.8. The zero-order chi connectivity index (χ0) is 25.8. The number of rotatable bonds is 14. The van der Waals surface area contributed by atoms with Crippen molar-refractivity contribution < 1.29 is 23.7 Å². The van der Waals surface area contributed by atoms with Crippen molar-refractivity contribution in [2.24, 2.45) is 5.73 Å². The summed E-state index contributed by atoms with van der Waals surface area (Å²) in [4.78, 5) is 15.3. The van der Waals surface area contributed by atoms with E-state index in [0.717, 1.165) is 22.4 Å². The standard InChI is InChI=1S/C29H34N2O5/c1-4-35-28-18-24(12-14-27(28)36-20-22-9-6-5-7-10-22)29(32)31(16-8-15-30)19-23-11-13-26(34-3)25(17-23)21-33-2/h4-7,9-14,17-18H,1,8,15-16,19-21,30H2,2-3H3. The van der Waals surface area contributed by atoms with Crippen molar-refractivity contribution in [3.63, 3.8) is 0 Å². The van der Waals surface area contributed by atoms with Crippen LogP contribution < -0.4 is 19.9 Å². The Labute approximate surface area is 213 Å². The first-order chi connectivity index (χ1) is 17.6. The largest absolute Gasteiger partial charge is 0.496 e. The Morgan fingerprint density at radius 2 is 1.72 bits per heavy atom. The van der Waals surface area contributed by atoms with Gasteiger partial charge in [-0.05, 0) is 54.4 Å². The SMILES string of the molecule is C=COc1cc(C(=O)N(CCCN)Cc2ccc(OC)c(COC)c2)ccc1OCc1ccccc1. The van der Waals surface area contributed by atoms with Gasteiger partial charge in [-0.1, -0.05) is 43.0 Å². The summed E-state index contributed by atoms with van der Waals surface area (Å²) < 4.78 is 22.3. The number of nitrogens with two attached hydrogens (primary N) is 1. The Bertz CT molecular complexity index is 1130. The molecule has 0 heterocycles. The van der Waals surface area contributed by atoms with Gasteiger partial charge in [0.2, 0.25) is 0 Å². The van der Waals surface area contributed by atoms with Gasteiger partial charge < -0.3 is 29.6 Å². The van der Waals surface area contributed by atoms with E-state index < -0.39 is 0 Å². The van der Waals surface area contributed by atoms with Crippen molar-refractivity contribution in [2.45, 2.75) is 26.2 Å². The van der Waals surface area contributed by atoms with Crippen LogP contribution in [0.3, 0.4) is 0 Å². The summed E-state index contributed by atoms with van der Waals surface area (Å²) in [6, 6.07) is 20.9. The van der Waals surface area contributed by atoms with Gasteiger partial charge in [-0.2, -0.15) is 0 Å². The number of methoxy groups -OCH3 is 2. The molecule has 36 heavy (non-hydrogen) atoms. The molecule has 0 bridgehead atoms. The molecular formula is C29H34N2O5. The Hall–Kier alpha value is -3.81. The number of hydrogen-bond donors (Lipinski definition) is 1. The molecule has 1 amide bonds. The molecule has 2 N–H and O–H groups in total. The highest BCUT2D eigenvalue weighted by Gasteiger charge is 2.19. The van der Waals surface area contributed by atoms with Crippen LogP contribution in [0.15, 0.2) is 79.6 Å².